The number of pyridine rings is 2. The first kappa shape index (κ1) is 19.5. The highest BCUT2D eigenvalue weighted by molar-refractivity contribution is 5.95. The van der Waals surface area contributed by atoms with Gasteiger partial charge in [0, 0.05) is 75.3 Å². The van der Waals surface area contributed by atoms with E-state index in [-0.39, 0.29) is 0 Å². The first-order valence-corrected chi connectivity index (χ1v) is 11.5. The fraction of sp³-hybridized carbons (Fsp3) is 0.400. The number of fused-ring (bicyclic) bond motifs is 4. The zero-order chi connectivity index (χ0) is 21.7. The number of nitrogens with one attached hydrogen (secondary N) is 1. The second-order valence-electron chi connectivity index (χ2n) is 9.06. The zero-order valence-corrected chi connectivity index (χ0v) is 18.3. The van der Waals surface area contributed by atoms with E-state index in [1.165, 1.54) is 11.1 Å². The van der Waals surface area contributed by atoms with E-state index in [9.17, 15) is 5.26 Å². The molecule has 1 aromatic carbocycles. The van der Waals surface area contributed by atoms with Gasteiger partial charge >= 0.3 is 0 Å². The summed E-state index contributed by atoms with van der Waals surface area (Å²) in [5.41, 5.74) is 5.36. The van der Waals surface area contributed by atoms with Crippen LogP contribution in [0.4, 0.5) is 11.5 Å². The number of aromatic nitrogens is 2. The third-order valence-electron chi connectivity index (χ3n) is 7.22. The average Bonchev–Trinajstić information content (AvgIpc) is 3.22. The molecule has 0 radical (unpaired) electrons. The van der Waals surface area contributed by atoms with Crippen LogP contribution < -0.4 is 15.1 Å². The summed E-state index contributed by atoms with van der Waals surface area (Å²) in [5, 5.41) is 14.0. The Kier molecular flexibility index (Phi) is 4.71. The van der Waals surface area contributed by atoms with Crippen LogP contribution in [-0.2, 0) is 6.54 Å². The third kappa shape index (κ3) is 3.10. The van der Waals surface area contributed by atoms with Crippen molar-refractivity contribution in [3.8, 4) is 6.07 Å². The molecule has 0 saturated carbocycles. The number of nitriles is 1. The fourth-order valence-corrected chi connectivity index (χ4v) is 5.58. The molecule has 0 unspecified atom stereocenters. The summed E-state index contributed by atoms with van der Waals surface area (Å²) in [6.07, 6.45) is 3.88. The van der Waals surface area contributed by atoms with Gasteiger partial charge in [0.05, 0.1) is 17.1 Å². The summed E-state index contributed by atoms with van der Waals surface area (Å²) in [6.45, 7) is 9.26. The minimum absolute atomic E-state index is 0.334. The van der Waals surface area contributed by atoms with Crippen molar-refractivity contribution in [3.05, 3.63) is 59.4 Å². The van der Waals surface area contributed by atoms with E-state index in [0.29, 0.717) is 17.6 Å². The van der Waals surface area contributed by atoms with Crippen LogP contribution in [0.25, 0.3) is 10.9 Å². The van der Waals surface area contributed by atoms with Crippen LogP contribution in [0.3, 0.4) is 0 Å². The van der Waals surface area contributed by atoms with Crippen LogP contribution in [0.2, 0.25) is 0 Å². The number of hydrogen-bond donors (Lipinski definition) is 1. The summed E-state index contributed by atoms with van der Waals surface area (Å²) < 4.78 is 0. The van der Waals surface area contributed by atoms with Crippen LogP contribution in [0.5, 0.6) is 0 Å². The smallest absolute Gasteiger partial charge is 0.128 e. The lowest BCUT2D eigenvalue weighted by Gasteiger charge is -2.43. The van der Waals surface area contributed by atoms with Gasteiger partial charge < -0.3 is 15.1 Å². The monoisotopic (exact) mass is 425 g/mol. The van der Waals surface area contributed by atoms with Crippen molar-refractivity contribution >= 4 is 22.4 Å². The molecule has 162 valence electrons. The molecule has 7 heteroatoms. The van der Waals surface area contributed by atoms with Gasteiger partial charge in [-0.2, -0.15) is 5.26 Å². The first-order chi connectivity index (χ1) is 15.7. The molecule has 2 atom stereocenters. The van der Waals surface area contributed by atoms with Crippen LogP contribution in [0.1, 0.15) is 29.7 Å². The molecule has 2 saturated heterocycles. The van der Waals surface area contributed by atoms with E-state index in [1.807, 2.05) is 12.1 Å². The Labute approximate surface area is 188 Å². The van der Waals surface area contributed by atoms with Crippen molar-refractivity contribution < 1.29 is 0 Å². The molecule has 32 heavy (non-hydrogen) atoms. The number of hydrogen-bond acceptors (Lipinski definition) is 7. The van der Waals surface area contributed by atoms with Gasteiger partial charge in [0.25, 0.3) is 0 Å². The first-order valence-electron chi connectivity index (χ1n) is 11.5. The maximum Gasteiger partial charge on any atom is 0.128 e. The second kappa shape index (κ2) is 7.73. The zero-order valence-electron chi connectivity index (χ0n) is 18.3. The normalized spacial score (nSPS) is 23.1. The summed E-state index contributed by atoms with van der Waals surface area (Å²) >= 11 is 0. The van der Waals surface area contributed by atoms with Crippen molar-refractivity contribution in [1.29, 1.82) is 5.26 Å². The number of benzene rings is 1. The molecule has 7 nitrogen and oxygen atoms in total. The number of anilines is 2. The molecular weight excluding hydrogens is 398 g/mol. The van der Waals surface area contributed by atoms with Crippen molar-refractivity contribution in [1.82, 2.24) is 20.2 Å². The molecule has 2 aromatic heterocycles. The second-order valence-corrected chi connectivity index (χ2v) is 9.06. The lowest BCUT2D eigenvalue weighted by Crippen LogP contribution is -2.51. The van der Waals surface area contributed by atoms with Gasteiger partial charge in [0.1, 0.15) is 11.9 Å². The summed E-state index contributed by atoms with van der Waals surface area (Å²) in [7, 11) is 0. The quantitative estimate of drug-likeness (QED) is 0.677. The van der Waals surface area contributed by atoms with E-state index in [2.05, 4.69) is 62.4 Å². The average molecular weight is 426 g/mol. The third-order valence-corrected chi connectivity index (χ3v) is 7.22. The van der Waals surface area contributed by atoms with Crippen LogP contribution in [0.15, 0.2) is 42.7 Å². The predicted molar refractivity (Wildman–Crippen MR) is 126 cm³/mol. The lowest BCUT2D eigenvalue weighted by molar-refractivity contribution is 0.134. The van der Waals surface area contributed by atoms with Crippen molar-refractivity contribution in [2.75, 3.05) is 49.1 Å². The lowest BCUT2D eigenvalue weighted by atomic mass is 10.0. The summed E-state index contributed by atoms with van der Waals surface area (Å²) in [5.74, 6) is 1.11. The molecule has 0 spiro atoms. The molecule has 0 aliphatic carbocycles. The van der Waals surface area contributed by atoms with E-state index >= 15 is 0 Å². The Bertz CT molecular complexity index is 1210. The highest BCUT2D eigenvalue weighted by Crippen LogP contribution is 2.41. The molecule has 3 aliphatic heterocycles. The van der Waals surface area contributed by atoms with Gasteiger partial charge in [-0.1, -0.05) is 0 Å². The van der Waals surface area contributed by atoms with Crippen LogP contribution in [-0.4, -0.2) is 60.2 Å². The van der Waals surface area contributed by atoms with Crippen LogP contribution >= 0.6 is 0 Å². The Morgan fingerprint density at radius 2 is 1.97 bits per heavy atom. The SMILES string of the molecule is C[C@@H]1CN(c2ccc(C#N)c3ncccc23)C[C@@H]2c3cnc(N4CCNCC4)cc3CN12. The van der Waals surface area contributed by atoms with Gasteiger partial charge in [-0.3, -0.25) is 9.88 Å². The van der Waals surface area contributed by atoms with E-state index in [1.54, 1.807) is 6.20 Å². The summed E-state index contributed by atoms with van der Waals surface area (Å²) in [6, 6.07) is 13.4. The Morgan fingerprint density at radius 3 is 2.81 bits per heavy atom. The molecule has 0 bridgehead atoms. The molecule has 2 fully saturated rings. The maximum absolute atomic E-state index is 9.50. The number of rotatable bonds is 2. The maximum atomic E-state index is 9.50. The minimum atomic E-state index is 0.334. The fourth-order valence-electron chi connectivity index (χ4n) is 5.58. The Balaban J connectivity index is 1.33. The van der Waals surface area contributed by atoms with Gasteiger partial charge in [-0.15, -0.1) is 0 Å². The minimum Gasteiger partial charge on any atom is -0.368 e. The van der Waals surface area contributed by atoms with Gasteiger partial charge in [-0.05, 0) is 48.4 Å². The van der Waals surface area contributed by atoms with Gasteiger partial charge in [0.2, 0.25) is 0 Å². The summed E-state index contributed by atoms with van der Waals surface area (Å²) in [4.78, 5) is 16.8. The largest absolute Gasteiger partial charge is 0.368 e. The predicted octanol–water partition coefficient (Wildman–Crippen LogP) is 2.68. The standard InChI is InChI=1S/C25H27N7/c1-17-14-31(22-5-4-18(12-26)25-20(22)3-2-6-28-25)16-23-21-13-29-24(11-19(21)15-32(17)23)30-9-7-27-8-10-30/h2-6,11,13,17,23,27H,7-10,14-16H2,1H3/t17-,23-/m1/s1. The topological polar surface area (TPSA) is 71.3 Å². The molecule has 3 aromatic rings. The Hall–Kier alpha value is -3.21. The van der Waals surface area contributed by atoms with Crippen molar-refractivity contribution in [2.45, 2.75) is 25.6 Å². The van der Waals surface area contributed by atoms with Crippen LogP contribution in [0, 0.1) is 11.3 Å². The molecule has 0 amide bonds. The molecule has 6 rings (SSSR count). The van der Waals surface area contributed by atoms with E-state index in [4.69, 9.17) is 4.98 Å². The van der Waals surface area contributed by atoms with Crippen molar-refractivity contribution in [3.63, 3.8) is 0 Å². The van der Waals surface area contributed by atoms with Crippen molar-refractivity contribution in [2.24, 2.45) is 0 Å². The highest BCUT2D eigenvalue weighted by Gasteiger charge is 2.39. The van der Waals surface area contributed by atoms with E-state index < -0.39 is 0 Å². The number of piperazine rings is 2. The molecule has 3 aliphatic rings. The molecular formula is C25H27N7. The number of nitrogens with zero attached hydrogens (tertiary/aromatic N) is 6. The Morgan fingerprint density at radius 1 is 1.09 bits per heavy atom. The van der Waals surface area contributed by atoms with E-state index in [0.717, 1.165) is 68.2 Å². The molecule has 5 heterocycles. The van der Waals surface area contributed by atoms with Gasteiger partial charge in [0.15, 0.2) is 0 Å². The van der Waals surface area contributed by atoms with Gasteiger partial charge in [-0.25, -0.2) is 4.98 Å². The highest BCUT2D eigenvalue weighted by atomic mass is 15.3. The molecule has 1 N–H and O–H groups in total.